The SMILES string of the molecule is Cc1ccc2ccn(CC3CC4(C3)CN(C=O)C4)c2n1. The van der Waals surface area contributed by atoms with E-state index in [-0.39, 0.29) is 0 Å². The molecule has 104 valence electrons. The van der Waals surface area contributed by atoms with Crippen LogP contribution in [0.25, 0.3) is 11.0 Å². The van der Waals surface area contributed by atoms with Crippen LogP contribution in [-0.2, 0) is 11.3 Å². The van der Waals surface area contributed by atoms with Gasteiger partial charge in [-0.1, -0.05) is 0 Å². The first kappa shape index (κ1) is 11.9. The molecule has 4 rings (SSSR count). The predicted octanol–water partition coefficient (Wildman–Crippen LogP) is 2.21. The van der Waals surface area contributed by atoms with E-state index in [0.717, 1.165) is 43.3 Å². The fourth-order valence-corrected chi connectivity index (χ4v) is 4.02. The molecule has 0 bridgehead atoms. The number of carbonyl (C=O) groups excluding carboxylic acids is 1. The van der Waals surface area contributed by atoms with Crippen molar-refractivity contribution in [2.75, 3.05) is 13.1 Å². The molecular formula is C16H19N3O. The second kappa shape index (κ2) is 4.08. The second-order valence-electron chi connectivity index (χ2n) is 6.62. The maximum atomic E-state index is 10.6. The van der Waals surface area contributed by atoms with Gasteiger partial charge in [0.2, 0.25) is 6.41 Å². The van der Waals surface area contributed by atoms with Gasteiger partial charge in [0.05, 0.1) is 0 Å². The van der Waals surface area contributed by atoms with Crippen LogP contribution in [0, 0.1) is 18.3 Å². The Morgan fingerprint density at radius 3 is 2.90 bits per heavy atom. The average Bonchev–Trinajstić information content (AvgIpc) is 2.73. The van der Waals surface area contributed by atoms with E-state index in [2.05, 4.69) is 33.9 Å². The summed E-state index contributed by atoms with van der Waals surface area (Å²) in [6.07, 6.45) is 5.64. The van der Waals surface area contributed by atoms with Crippen molar-refractivity contribution in [1.29, 1.82) is 0 Å². The van der Waals surface area contributed by atoms with E-state index in [9.17, 15) is 4.79 Å². The van der Waals surface area contributed by atoms with Gasteiger partial charge in [0.15, 0.2) is 0 Å². The van der Waals surface area contributed by atoms with Crippen LogP contribution >= 0.6 is 0 Å². The Morgan fingerprint density at radius 2 is 2.15 bits per heavy atom. The van der Waals surface area contributed by atoms with E-state index in [1.54, 1.807) is 0 Å². The molecule has 20 heavy (non-hydrogen) atoms. The lowest BCUT2D eigenvalue weighted by Crippen LogP contribution is -2.62. The van der Waals surface area contributed by atoms with Crippen LogP contribution in [0.4, 0.5) is 0 Å². The van der Waals surface area contributed by atoms with Gasteiger partial charge in [-0.05, 0) is 43.9 Å². The maximum Gasteiger partial charge on any atom is 0.209 e. The average molecular weight is 269 g/mol. The Kier molecular flexibility index (Phi) is 2.43. The van der Waals surface area contributed by atoms with Gasteiger partial charge >= 0.3 is 0 Å². The topological polar surface area (TPSA) is 38.1 Å². The maximum absolute atomic E-state index is 10.6. The van der Waals surface area contributed by atoms with E-state index in [1.807, 2.05) is 11.8 Å². The first-order valence-corrected chi connectivity index (χ1v) is 7.29. The van der Waals surface area contributed by atoms with Crippen LogP contribution < -0.4 is 0 Å². The summed E-state index contributed by atoms with van der Waals surface area (Å²) in [7, 11) is 0. The third kappa shape index (κ3) is 1.74. The lowest BCUT2D eigenvalue weighted by molar-refractivity contribution is -0.142. The molecule has 0 atom stereocenters. The summed E-state index contributed by atoms with van der Waals surface area (Å²) in [5, 5.41) is 1.22. The van der Waals surface area contributed by atoms with E-state index in [1.165, 1.54) is 18.2 Å². The molecule has 0 radical (unpaired) electrons. The quantitative estimate of drug-likeness (QED) is 0.801. The van der Waals surface area contributed by atoms with Gasteiger partial charge in [-0.2, -0.15) is 0 Å². The molecule has 3 heterocycles. The van der Waals surface area contributed by atoms with E-state index in [4.69, 9.17) is 0 Å². The number of pyridine rings is 1. The number of carbonyl (C=O) groups is 1. The van der Waals surface area contributed by atoms with E-state index in [0.29, 0.717) is 5.41 Å². The molecule has 2 aromatic rings. The summed E-state index contributed by atoms with van der Waals surface area (Å²) < 4.78 is 2.29. The molecule has 2 aromatic heterocycles. The zero-order chi connectivity index (χ0) is 13.7. The zero-order valence-corrected chi connectivity index (χ0v) is 11.7. The summed E-state index contributed by atoms with van der Waals surface area (Å²) >= 11 is 0. The third-order valence-electron chi connectivity index (χ3n) is 4.87. The number of nitrogens with zero attached hydrogens (tertiary/aromatic N) is 3. The molecule has 1 spiro atoms. The van der Waals surface area contributed by atoms with Crippen molar-refractivity contribution in [3.8, 4) is 0 Å². The number of aromatic nitrogens is 2. The Bertz CT molecular complexity index is 661. The number of rotatable bonds is 3. The van der Waals surface area contributed by atoms with Gasteiger partial charge in [-0.25, -0.2) is 4.98 Å². The highest BCUT2D eigenvalue weighted by molar-refractivity contribution is 5.76. The van der Waals surface area contributed by atoms with Crippen molar-refractivity contribution < 1.29 is 4.79 Å². The predicted molar refractivity (Wildman–Crippen MR) is 77.3 cm³/mol. The van der Waals surface area contributed by atoms with Crippen LogP contribution in [0.3, 0.4) is 0 Å². The molecule has 1 saturated heterocycles. The zero-order valence-electron chi connectivity index (χ0n) is 11.7. The lowest BCUT2D eigenvalue weighted by atomic mass is 9.58. The number of likely N-dealkylation sites (tertiary alicyclic amines) is 1. The minimum Gasteiger partial charge on any atom is -0.344 e. The highest BCUT2D eigenvalue weighted by Crippen LogP contribution is 2.52. The smallest absolute Gasteiger partial charge is 0.209 e. The molecule has 1 saturated carbocycles. The highest BCUT2D eigenvalue weighted by atomic mass is 16.1. The lowest BCUT2D eigenvalue weighted by Gasteiger charge is -2.58. The molecule has 1 amide bonds. The van der Waals surface area contributed by atoms with Crippen LogP contribution in [0.15, 0.2) is 24.4 Å². The van der Waals surface area contributed by atoms with Gasteiger partial charge in [0.1, 0.15) is 5.65 Å². The standard InChI is InChI=1S/C16H19N3O/c1-12-2-3-14-4-5-19(15(14)17-12)8-13-6-16(7-13)9-18(10-16)11-20/h2-5,11,13H,6-10H2,1H3. The largest absolute Gasteiger partial charge is 0.344 e. The molecule has 1 aliphatic heterocycles. The first-order chi connectivity index (χ1) is 9.67. The van der Waals surface area contributed by atoms with Gasteiger partial charge in [0.25, 0.3) is 0 Å². The Morgan fingerprint density at radius 1 is 1.35 bits per heavy atom. The van der Waals surface area contributed by atoms with Crippen molar-refractivity contribution in [3.05, 3.63) is 30.1 Å². The summed E-state index contributed by atoms with van der Waals surface area (Å²) in [6.45, 7) is 5.04. The van der Waals surface area contributed by atoms with E-state index < -0.39 is 0 Å². The number of amides is 1. The van der Waals surface area contributed by atoms with Crippen LogP contribution in [0.2, 0.25) is 0 Å². The molecule has 4 nitrogen and oxygen atoms in total. The van der Waals surface area contributed by atoms with Gasteiger partial charge in [-0.3, -0.25) is 4.79 Å². The Hall–Kier alpha value is -1.84. The fraction of sp³-hybridized carbons (Fsp3) is 0.500. The fourth-order valence-electron chi connectivity index (χ4n) is 4.02. The van der Waals surface area contributed by atoms with Gasteiger partial charge in [-0.15, -0.1) is 0 Å². The van der Waals surface area contributed by atoms with Crippen LogP contribution in [0.5, 0.6) is 0 Å². The van der Waals surface area contributed by atoms with Crippen molar-refractivity contribution in [2.45, 2.75) is 26.3 Å². The van der Waals surface area contributed by atoms with Crippen molar-refractivity contribution >= 4 is 17.4 Å². The Balaban J connectivity index is 1.45. The monoisotopic (exact) mass is 269 g/mol. The molecule has 0 N–H and O–H groups in total. The number of aryl methyl sites for hydroxylation is 1. The van der Waals surface area contributed by atoms with Crippen molar-refractivity contribution in [3.63, 3.8) is 0 Å². The van der Waals surface area contributed by atoms with Crippen molar-refractivity contribution in [2.24, 2.45) is 11.3 Å². The van der Waals surface area contributed by atoms with Gasteiger partial charge < -0.3 is 9.47 Å². The van der Waals surface area contributed by atoms with Crippen LogP contribution in [-0.4, -0.2) is 34.0 Å². The highest BCUT2D eigenvalue weighted by Gasteiger charge is 2.51. The molecule has 2 aliphatic rings. The number of fused-ring (bicyclic) bond motifs is 1. The molecule has 4 heteroatoms. The summed E-state index contributed by atoms with van der Waals surface area (Å²) in [5.74, 6) is 0.738. The van der Waals surface area contributed by atoms with Crippen LogP contribution in [0.1, 0.15) is 18.5 Å². The molecule has 1 aliphatic carbocycles. The molecular weight excluding hydrogens is 250 g/mol. The minimum absolute atomic E-state index is 0.456. The molecule has 2 fully saturated rings. The summed E-state index contributed by atoms with van der Waals surface area (Å²) in [4.78, 5) is 17.2. The van der Waals surface area contributed by atoms with Gasteiger partial charge in [0, 0.05) is 42.3 Å². The Labute approximate surface area is 118 Å². The molecule has 0 aromatic carbocycles. The normalized spacial score (nSPS) is 20.9. The van der Waals surface area contributed by atoms with E-state index >= 15 is 0 Å². The second-order valence-corrected chi connectivity index (χ2v) is 6.62. The number of hydrogen-bond acceptors (Lipinski definition) is 2. The molecule has 0 unspecified atom stereocenters. The summed E-state index contributed by atoms with van der Waals surface area (Å²) in [5.41, 5.74) is 2.63. The first-order valence-electron chi connectivity index (χ1n) is 7.29. The summed E-state index contributed by atoms with van der Waals surface area (Å²) in [6, 6.07) is 6.35. The number of hydrogen-bond donors (Lipinski definition) is 0. The minimum atomic E-state index is 0.456. The van der Waals surface area contributed by atoms with Crippen molar-refractivity contribution in [1.82, 2.24) is 14.5 Å². The third-order valence-corrected chi connectivity index (χ3v) is 4.87.